The van der Waals surface area contributed by atoms with E-state index in [4.69, 9.17) is 4.98 Å². The summed E-state index contributed by atoms with van der Waals surface area (Å²) in [6, 6.07) is 20.7. The number of aromatic nitrogens is 2. The lowest BCUT2D eigenvalue weighted by molar-refractivity contribution is -0.120. The summed E-state index contributed by atoms with van der Waals surface area (Å²) in [6.07, 6.45) is 3.42. The Morgan fingerprint density at radius 3 is 2.56 bits per heavy atom. The lowest BCUT2D eigenvalue weighted by atomic mass is 10.0. The van der Waals surface area contributed by atoms with E-state index in [0.717, 1.165) is 34.4 Å². The molecule has 7 nitrogen and oxygen atoms in total. The Hall–Kier alpha value is -4.26. The lowest BCUT2D eigenvalue weighted by Crippen LogP contribution is -2.47. The largest absolute Gasteiger partial charge is 0.360 e. The maximum absolute atomic E-state index is 13.2. The fourth-order valence-electron chi connectivity index (χ4n) is 3.85. The van der Waals surface area contributed by atoms with E-state index in [-0.39, 0.29) is 11.8 Å². The van der Waals surface area contributed by atoms with E-state index < -0.39 is 0 Å². The zero-order valence-electron chi connectivity index (χ0n) is 17.3. The van der Waals surface area contributed by atoms with Crippen LogP contribution in [0.4, 0.5) is 11.4 Å². The maximum atomic E-state index is 13.2. The van der Waals surface area contributed by atoms with Crippen molar-refractivity contribution in [1.82, 2.24) is 15.3 Å². The zero-order chi connectivity index (χ0) is 21.9. The predicted molar refractivity (Wildman–Crippen MR) is 125 cm³/mol. The summed E-state index contributed by atoms with van der Waals surface area (Å²) < 4.78 is 0. The maximum Gasteiger partial charge on any atom is 0.256 e. The number of hydrogen-bond acceptors (Lipinski definition) is 5. The van der Waals surface area contributed by atoms with Gasteiger partial charge in [0.15, 0.2) is 0 Å². The molecule has 1 saturated heterocycles. The molecule has 158 valence electrons. The Morgan fingerprint density at radius 2 is 1.78 bits per heavy atom. The Morgan fingerprint density at radius 1 is 1.00 bits per heavy atom. The minimum absolute atomic E-state index is 0.0168. The Bertz CT molecular complexity index is 1290. The van der Waals surface area contributed by atoms with E-state index in [1.165, 1.54) is 0 Å². The number of fused-ring (bicyclic) bond motifs is 1. The van der Waals surface area contributed by atoms with Gasteiger partial charge in [0.05, 0.1) is 23.3 Å². The highest BCUT2D eigenvalue weighted by atomic mass is 16.2. The van der Waals surface area contributed by atoms with Crippen molar-refractivity contribution in [2.45, 2.75) is 0 Å². The molecule has 0 unspecified atom stereocenters. The lowest BCUT2D eigenvalue weighted by Gasteiger charge is -2.28. The molecule has 0 bridgehead atoms. The van der Waals surface area contributed by atoms with Gasteiger partial charge in [0.2, 0.25) is 5.91 Å². The number of anilines is 2. The summed E-state index contributed by atoms with van der Waals surface area (Å²) in [6.45, 7) is 1.73. The van der Waals surface area contributed by atoms with E-state index in [1.807, 2.05) is 71.6 Å². The summed E-state index contributed by atoms with van der Waals surface area (Å²) in [7, 11) is 0. The van der Waals surface area contributed by atoms with Crippen LogP contribution in [-0.4, -0.2) is 41.4 Å². The molecule has 0 spiro atoms. The van der Waals surface area contributed by atoms with Gasteiger partial charge < -0.3 is 15.5 Å². The normalized spacial score (nSPS) is 13.6. The van der Waals surface area contributed by atoms with E-state index >= 15 is 0 Å². The first kappa shape index (κ1) is 19.7. The molecule has 1 aliphatic rings. The third-order valence-corrected chi connectivity index (χ3v) is 5.47. The molecular weight excluding hydrogens is 402 g/mol. The van der Waals surface area contributed by atoms with Gasteiger partial charge in [-0.25, -0.2) is 4.98 Å². The highest BCUT2D eigenvalue weighted by Crippen LogP contribution is 2.26. The number of pyridine rings is 2. The van der Waals surface area contributed by atoms with Crippen LogP contribution in [0.2, 0.25) is 0 Å². The SMILES string of the molecule is O=C1CN(c2ccc(NC(=O)c3cc(-c4ccncc4)nc4ccccc34)cc2)CCN1. The van der Waals surface area contributed by atoms with E-state index in [9.17, 15) is 9.59 Å². The highest BCUT2D eigenvalue weighted by Gasteiger charge is 2.17. The van der Waals surface area contributed by atoms with Crippen LogP contribution < -0.4 is 15.5 Å². The predicted octanol–water partition coefficient (Wildman–Crippen LogP) is 3.49. The first-order valence-electron chi connectivity index (χ1n) is 10.4. The highest BCUT2D eigenvalue weighted by molar-refractivity contribution is 6.13. The fraction of sp³-hybridized carbons (Fsp3) is 0.120. The molecule has 2 N–H and O–H groups in total. The van der Waals surface area contributed by atoms with Crippen molar-refractivity contribution in [3.8, 4) is 11.3 Å². The van der Waals surface area contributed by atoms with Crippen LogP contribution in [0, 0.1) is 0 Å². The molecule has 7 heteroatoms. The number of nitrogens with one attached hydrogen (secondary N) is 2. The van der Waals surface area contributed by atoms with Crippen molar-refractivity contribution in [3.63, 3.8) is 0 Å². The molecule has 2 amide bonds. The second-order valence-electron chi connectivity index (χ2n) is 7.58. The minimum Gasteiger partial charge on any atom is -0.360 e. The van der Waals surface area contributed by atoms with Crippen LogP contribution in [0.25, 0.3) is 22.2 Å². The third-order valence-electron chi connectivity index (χ3n) is 5.47. The monoisotopic (exact) mass is 423 g/mol. The van der Waals surface area contributed by atoms with Gasteiger partial charge in [-0.05, 0) is 48.5 Å². The number of rotatable bonds is 4. The number of para-hydroxylation sites is 1. The number of benzene rings is 2. The zero-order valence-corrected chi connectivity index (χ0v) is 17.3. The topological polar surface area (TPSA) is 87.2 Å². The molecule has 3 heterocycles. The van der Waals surface area contributed by atoms with Gasteiger partial charge >= 0.3 is 0 Å². The van der Waals surface area contributed by atoms with E-state index in [2.05, 4.69) is 15.6 Å². The van der Waals surface area contributed by atoms with Crippen LogP contribution >= 0.6 is 0 Å². The van der Waals surface area contributed by atoms with Gasteiger partial charge in [-0.3, -0.25) is 14.6 Å². The Labute approximate surface area is 185 Å². The fourth-order valence-corrected chi connectivity index (χ4v) is 3.85. The molecule has 1 aliphatic heterocycles. The summed E-state index contributed by atoms with van der Waals surface area (Å²) in [5.74, 6) is -0.188. The van der Waals surface area contributed by atoms with Crippen molar-refractivity contribution in [3.05, 3.63) is 84.7 Å². The number of hydrogen-bond donors (Lipinski definition) is 2. The smallest absolute Gasteiger partial charge is 0.256 e. The van der Waals surface area contributed by atoms with E-state index in [1.54, 1.807) is 12.4 Å². The number of carbonyl (C=O) groups is 2. The second-order valence-corrected chi connectivity index (χ2v) is 7.58. The van der Waals surface area contributed by atoms with Crippen LogP contribution in [0.1, 0.15) is 10.4 Å². The average molecular weight is 423 g/mol. The quantitative estimate of drug-likeness (QED) is 0.525. The summed E-state index contributed by atoms with van der Waals surface area (Å²) in [5.41, 5.74) is 4.56. The van der Waals surface area contributed by atoms with Crippen molar-refractivity contribution >= 4 is 34.1 Å². The van der Waals surface area contributed by atoms with E-state index in [0.29, 0.717) is 24.3 Å². The van der Waals surface area contributed by atoms with Gasteiger partial charge in [0.25, 0.3) is 5.91 Å². The molecule has 4 aromatic rings. The van der Waals surface area contributed by atoms with Crippen molar-refractivity contribution in [2.75, 3.05) is 29.9 Å². The summed E-state index contributed by atoms with van der Waals surface area (Å²) in [4.78, 5) is 35.7. The molecule has 0 saturated carbocycles. The first-order valence-corrected chi connectivity index (χ1v) is 10.4. The molecule has 1 fully saturated rings. The van der Waals surface area contributed by atoms with Gasteiger partial charge in [0, 0.05) is 47.8 Å². The number of amides is 2. The molecule has 0 aliphatic carbocycles. The van der Waals surface area contributed by atoms with Crippen molar-refractivity contribution in [1.29, 1.82) is 0 Å². The van der Waals surface area contributed by atoms with Gasteiger partial charge in [0.1, 0.15) is 0 Å². The molecular formula is C25H21N5O2. The van der Waals surface area contributed by atoms with Gasteiger partial charge in [-0.2, -0.15) is 0 Å². The van der Waals surface area contributed by atoms with Crippen LogP contribution in [0.15, 0.2) is 79.1 Å². The number of carbonyl (C=O) groups excluding carboxylic acids is 2. The molecule has 0 atom stereocenters. The molecule has 5 rings (SSSR count). The Balaban J connectivity index is 1.43. The molecule has 32 heavy (non-hydrogen) atoms. The summed E-state index contributed by atoms with van der Waals surface area (Å²) in [5, 5.41) is 6.60. The summed E-state index contributed by atoms with van der Waals surface area (Å²) >= 11 is 0. The number of piperazine rings is 1. The first-order chi connectivity index (χ1) is 15.7. The molecule has 2 aromatic carbocycles. The average Bonchev–Trinajstić information content (AvgIpc) is 2.84. The van der Waals surface area contributed by atoms with Crippen LogP contribution in [0.3, 0.4) is 0 Å². The minimum atomic E-state index is -0.205. The van der Waals surface area contributed by atoms with Crippen LogP contribution in [0.5, 0.6) is 0 Å². The van der Waals surface area contributed by atoms with Gasteiger partial charge in [-0.15, -0.1) is 0 Å². The van der Waals surface area contributed by atoms with Crippen molar-refractivity contribution < 1.29 is 9.59 Å². The Kier molecular flexibility index (Phi) is 5.21. The molecule has 0 radical (unpaired) electrons. The molecule has 2 aromatic heterocycles. The van der Waals surface area contributed by atoms with Gasteiger partial charge in [-0.1, -0.05) is 18.2 Å². The number of nitrogens with zero attached hydrogens (tertiary/aromatic N) is 3. The third kappa shape index (κ3) is 4.00. The van der Waals surface area contributed by atoms with Crippen LogP contribution in [-0.2, 0) is 4.79 Å². The second kappa shape index (κ2) is 8.47. The van der Waals surface area contributed by atoms with Crippen molar-refractivity contribution in [2.24, 2.45) is 0 Å². The standard InChI is InChI=1S/C25H21N5O2/c31-24-16-30(14-13-27-24)19-7-5-18(6-8-19)28-25(32)21-15-23(17-9-11-26-12-10-17)29-22-4-2-1-3-20(21)22/h1-12,15H,13-14,16H2,(H,27,31)(H,28,32).